The molecular formula is C12H15N3S. The maximum Gasteiger partial charge on any atom is 0.0923 e. The normalized spacial score (nSPS) is 11.0. The summed E-state index contributed by atoms with van der Waals surface area (Å²) in [5.74, 6) is 0.687. The molecule has 0 bridgehead atoms. The van der Waals surface area contributed by atoms with Crippen LogP contribution in [0.5, 0.6) is 0 Å². The second-order valence-electron chi connectivity index (χ2n) is 3.92. The Morgan fingerprint density at radius 1 is 1.31 bits per heavy atom. The van der Waals surface area contributed by atoms with Crippen LogP contribution in [-0.2, 0) is 5.75 Å². The summed E-state index contributed by atoms with van der Waals surface area (Å²) in [5.41, 5.74) is 3.16. The van der Waals surface area contributed by atoms with Crippen molar-refractivity contribution in [3.05, 3.63) is 36.2 Å². The summed E-state index contributed by atoms with van der Waals surface area (Å²) >= 11 is 4.33. The third-order valence-corrected chi connectivity index (χ3v) is 2.80. The van der Waals surface area contributed by atoms with Crippen molar-refractivity contribution < 1.29 is 0 Å². The van der Waals surface area contributed by atoms with Crippen molar-refractivity contribution >= 4 is 12.6 Å². The Hall–Kier alpha value is -1.29. The standard InChI is InChI=1S/C12H15N3S/c1-9(2)15-11(5-7-14-15)12-10(8-16)4-3-6-13-12/h3-7,9,16H,8H2,1-2H3. The number of rotatable bonds is 3. The lowest BCUT2D eigenvalue weighted by Crippen LogP contribution is -2.06. The minimum Gasteiger partial charge on any atom is -0.261 e. The lowest BCUT2D eigenvalue weighted by molar-refractivity contribution is 0.537. The topological polar surface area (TPSA) is 30.7 Å². The fourth-order valence-electron chi connectivity index (χ4n) is 1.71. The fraction of sp³-hybridized carbons (Fsp3) is 0.333. The van der Waals surface area contributed by atoms with Gasteiger partial charge >= 0.3 is 0 Å². The van der Waals surface area contributed by atoms with Crippen LogP contribution in [0.2, 0.25) is 0 Å². The number of hydrogen-bond acceptors (Lipinski definition) is 3. The summed E-state index contributed by atoms with van der Waals surface area (Å²) in [6, 6.07) is 6.31. The summed E-state index contributed by atoms with van der Waals surface area (Å²) in [6.45, 7) is 4.22. The molecular weight excluding hydrogens is 218 g/mol. The summed E-state index contributed by atoms with van der Waals surface area (Å²) in [6.07, 6.45) is 3.62. The minimum absolute atomic E-state index is 0.333. The molecule has 0 aliphatic heterocycles. The molecule has 0 amide bonds. The first-order valence-electron chi connectivity index (χ1n) is 5.32. The third-order valence-electron chi connectivity index (χ3n) is 2.46. The molecule has 16 heavy (non-hydrogen) atoms. The zero-order valence-electron chi connectivity index (χ0n) is 9.46. The predicted molar refractivity (Wildman–Crippen MR) is 68.5 cm³/mol. The maximum absolute atomic E-state index is 4.43. The van der Waals surface area contributed by atoms with Crippen LogP contribution >= 0.6 is 12.6 Å². The highest BCUT2D eigenvalue weighted by atomic mass is 32.1. The van der Waals surface area contributed by atoms with Crippen molar-refractivity contribution in [1.82, 2.24) is 14.8 Å². The van der Waals surface area contributed by atoms with E-state index in [0.29, 0.717) is 11.8 Å². The van der Waals surface area contributed by atoms with Gasteiger partial charge in [0.1, 0.15) is 0 Å². The SMILES string of the molecule is CC(C)n1nccc1-c1ncccc1CS. The van der Waals surface area contributed by atoms with Gasteiger partial charge in [-0.15, -0.1) is 0 Å². The third kappa shape index (κ3) is 1.97. The number of thiol groups is 1. The Balaban J connectivity index is 2.54. The van der Waals surface area contributed by atoms with Crippen LogP contribution in [0.1, 0.15) is 25.5 Å². The van der Waals surface area contributed by atoms with Gasteiger partial charge in [0.2, 0.25) is 0 Å². The van der Waals surface area contributed by atoms with Gasteiger partial charge in [-0.1, -0.05) is 6.07 Å². The van der Waals surface area contributed by atoms with E-state index >= 15 is 0 Å². The van der Waals surface area contributed by atoms with Gasteiger partial charge in [-0.2, -0.15) is 17.7 Å². The quantitative estimate of drug-likeness (QED) is 0.826. The molecule has 0 aliphatic rings. The molecule has 0 aromatic carbocycles. The van der Waals surface area contributed by atoms with Crippen LogP contribution in [0.4, 0.5) is 0 Å². The number of hydrogen-bond donors (Lipinski definition) is 1. The molecule has 0 radical (unpaired) electrons. The van der Waals surface area contributed by atoms with Gasteiger partial charge in [-0.3, -0.25) is 9.67 Å². The first-order chi connectivity index (χ1) is 7.74. The Morgan fingerprint density at radius 2 is 2.12 bits per heavy atom. The van der Waals surface area contributed by atoms with E-state index in [4.69, 9.17) is 0 Å². The second kappa shape index (κ2) is 4.70. The predicted octanol–water partition coefficient (Wildman–Crippen LogP) is 2.96. The highest BCUT2D eigenvalue weighted by Crippen LogP contribution is 2.24. The monoisotopic (exact) mass is 233 g/mol. The van der Waals surface area contributed by atoms with E-state index in [1.54, 1.807) is 6.20 Å². The first kappa shape index (κ1) is 11.2. The molecule has 0 atom stereocenters. The first-order valence-corrected chi connectivity index (χ1v) is 5.96. The van der Waals surface area contributed by atoms with Crippen LogP contribution in [0.25, 0.3) is 11.4 Å². The molecule has 0 aliphatic carbocycles. The Labute approximate surface area is 101 Å². The van der Waals surface area contributed by atoms with Crippen LogP contribution < -0.4 is 0 Å². The van der Waals surface area contributed by atoms with E-state index in [1.807, 2.05) is 29.1 Å². The summed E-state index contributed by atoms with van der Waals surface area (Å²) in [5, 5.41) is 4.32. The average molecular weight is 233 g/mol. The zero-order chi connectivity index (χ0) is 11.5. The van der Waals surface area contributed by atoms with Crippen molar-refractivity contribution in [3.8, 4) is 11.4 Å². The van der Waals surface area contributed by atoms with Crippen molar-refractivity contribution in [3.63, 3.8) is 0 Å². The molecule has 2 rings (SSSR count). The van der Waals surface area contributed by atoms with E-state index in [2.05, 4.69) is 36.6 Å². The lowest BCUT2D eigenvalue weighted by Gasteiger charge is -2.12. The van der Waals surface area contributed by atoms with Crippen LogP contribution in [0, 0.1) is 0 Å². The largest absolute Gasteiger partial charge is 0.261 e. The molecule has 3 nitrogen and oxygen atoms in total. The molecule has 4 heteroatoms. The fourth-order valence-corrected chi connectivity index (χ4v) is 1.97. The molecule has 0 spiro atoms. The van der Waals surface area contributed by atoms with Crippen molar-refractivity contribution in [2.75, 3.05) is 0 Å². The summed E-state index contributed by atoms with van der Waals surface area (Å²) < 4.78 is 1.98. The van der Waals surface area contributed by atoms with Crippen molar-refractivity contribution in [1.29, 1.82) is 0 Å². The molecule has 0 N–H and O–H groups in total. The van der Waals surface area contributed by atoms with Gasteiger partial charge in [0, 0.05) is 24.2 Å². The van der Waals surface area contributed by atoms with Gasteiger partial charge in [0.25, 0.3) is 0 Å². The highest BCUT2D eigenvalue weighted by molar-refractivity contribution is 7.79. The van der Waals surface area contributed by atoms with Gasteiger partial charge in [0.15, 0.2) is 0 Å². The van der Waals surface area contributed by atoms with Crippen LogP contribution in [-0.4, -0.2) is 14.8 Å². The number of nitrogens with zero attached hydrogens (tertiary/aromatic N) is 3. The Morgan fingerprint density at radius 3 is 2.81 bits per heavy atom. The molecule has 2 heterocycles. The van der Waals surface area contributed by atoms with Gasteiger partial charge in [0.05, 0.1) is 11.4 Å². The second-order valence-corrected chi connectivity index (χ2v) is 4.24. The molecule has 84 valence electrons. The average Bonchev–Trinajstić information content (AvgIpc) is 2.77. The highest BCUT2D eigenvalue weighted by Gasteiger charge is 2.12. The maximum atomic E-state index is 4.43. The van der Waals surface area contributed by atoms with Crippen LogP contribution in [0.15, 0.2) is 30.6 Å². The molecule has 2 aromatic heterocycles. The molecule has 0 unspecified atom stereocenters. The van der Waals surface area contributed by atoms with Crippen molar-refractivity contribution in [2.24, 2.45) is 0 Å². The molecule has 0 saturated carbocycles. The van der Waals surface area contributed by atoms with E-state index in [9.17, 15) is 0 Å². The van der Waals surface area contributed by atoms with E-state index < -0.39 is 0 Å². The smallest absolute Gasteiger partial charge is 0.0923 e. The van der Waals surface area contributed by atoms with E-state index in [0.717, 1.165) is 17.0 Å². The summed E-state index contributed by atoms with van der Waals surface area (Å²) in [7, 11) is 0. The van der Waals surface area contributed by atoms with Gasteiger partial charge in [-0.05, 0) is 31.5 Å². The van der Waals surface area contributed by atoms with E-state index in [1.165, 1.54) is 0 Å². The molecule has 2 aromatic rings. The lowest BCUT2D eigenvalue weighted by atomic mass is 10.1. The Bertz CT molecular complexity index is 477. The van der Waals surface area contributed by atoms with Crippen LogP contribution in [0.3, 0.4) is 0 Å². The minimum atomic E-state index is 0.333. The van der Waals surface area contributed by atoms with Gasteiger partial charge < -0.3 is 0 Å². The van der Waals surface area contributed by atoms with Gasteiger partial charge in [-0.25, -0.2) is 0 Å². The Kier molecular flexibility index (Phi) is 3.29. The van der Waals surface area contributed by atoms with Crippen molar-refractivity contribution in [2.45, 2.75) is 25.6 Å². The summed E-state index contributed by atoms with van der Waals surface area (Å²) in [4.78, 5) is 4.43. The molecule has 0 saturated heterocycles. The zero-order valence-corrected chi connectivity index (χ0v) is 10.4. The molecule has 0 fully saturated rings. The van der Waals surface area contributed by atoms with E-state index in [-0.39, 0.29) is 0 Å². The number of pyridine rings is 1. The number of aromatic nitrogens is 3.